The molecule has 2 aromatic heterocycles. The fraction of sp³-hybridized carbons (Fsp3) is 0.304. The lowest BCUT2D eigenvalue weighted by atomic mass is 10.2. The third-order valence-corrected chi connectivity index (χ3v) is 4.51. The van der Waals surface area contributed by atoms with Crippen molar-refractivity contribution in [2.75, 3.05) is 32.6 Å². The van der Waals surface area contributed by atoms with E-state index in [-0.39, 0.29) is 24.0 Å². The monoisotopic (exact) mass is 535 g/mol. The lowest BCUT2D eigenvalue weighted by Crippen LogP contribution is -2.38. The number of methoxy groups -OCH3 is 1. The first kappa shape index (κ1) is 24.5. The SMILES string of the molecule is COc1ccc(CN=C(NCCc2ccco2)NCc2cccc(N(C)C)n2)cc1.I. The topological polar surface area (TPSA) is 74.9 Å². The highest BCUT2D eigenvalue weighted by atomic mass is 127. The largest absolute Gasteiger partial charge is 0.497 e. The normalized spacial score (nSPS) is 10.9. The molecule has 0 aliphatic carbocycles. The summed E-state index contributed by atoms with van der Waals surface area (Å²) < 4.78 is 10.6. The van der Waals surface area contributed by atoms with E-state index in [9.17, 15) is 0 Å². The van der Waals surface area contributed by atoms with Crippen LogP contribution in [0.2, 0.25) is 0 Å². The molecule has 0 bridgehead atoms. The van der Waals surface area contributed by atoms with Crippen LogP contribution >= 0.6 is 24.0 Å². The average Bonchev–Trinajstić information content (AvgIpc) is 3.29. The Labute approximate surface area is 200 Å². The molecule has 0 unspecified atom stereocenters. The minimum absolute atomic E-state index is 0. The zero-order valence-corrected chi connectivity index (χ0v) is 20.5. The van der Waals surface area contributed by atoms with Crippen LogP contribution in [0.15, 0.2) is 70.3 Å². The fourth-order valence-electron chi connectivity index (χ4n) is 2.82. The number of nitrogens with zero attached hydrogens (tertiary/aromatic N) is 3. The molecule has 0 saturated heterocycles. The van der Waals surface area contributed by atoms with Gasteiger partial charge in [-0.25, -0.2) is 9.98 Å². The van der Waals surface area contributed by atoms with Gasteiger partial charge in [0.2, 0.25) is 0 Å². The van der Waals surface area contributed by atoms with Crippen LogP contribution < -0.4 is 20.3 Å². The Morgan fingerprint density at radius 2 is 1.87 bits per heavy atom. The molecule has 0 atom stereocenters. The third-order valence-electron chi connectivity index (χ3n) is 4.51. The Kier molecular flexibility index (Phi) is 10.2. The van der Waals surface area contributed by atoms with E-state index in [1.54, 1.807) is 13.4 Å². The Morgan fingerprint density at radius 3 is 2.55 bits per heavy atom. The first-order valence-electron chi connectivity index (χ1n) is 9.95. The van der Waals surface area contributed by atoms with Crippen molar-refractivity contribution in [3.63, 3.8) is 0 Å². The molecule has 0 aliphatic heterocycles. The first-order chi connectivity index (χ1) is 14.6. The molecule has 0 radical (unpaired) electrons. The number of nitrogens with one attached hydrogen (secondary N) is 2. The van der Waals surface area contributed by atoms with Gasteiger partial charge in [0.25, 0.3) is 0 Å². The number of rotatable bonds is 9. The predicted octanol–water partition coefficient (Wildman–Crippen LogP) is 3.85. The smallest absolute Gasteiger partial charge is 0.191 e. The van der Waals surface area contributed by atoms with Gasteiger partial charge in [0, 0.05) is 27.1 Å². The van der Waals surface area contributed by atoms with Gasteiger partial charge in [-0.15, -0.1) is 24.0 Å². The molecule has 31 heavy (non-hydrogen) atoms. The fourth-order valence-corrected chi connectivity index (χ4v) is 2.82. The van der Waals surface area contributed by atoms with E-state index >= 15 is 0 Å². The van der Waals surface area contributed by atoms with E-state index < -0.39 is 0 Å². The number of aliphatic imine (C=N–C) groups is 1. The van der Waals surface area contributed by atoms with Crippen molar-refractivity contribution in [3.05, 3.63) is 77.9 Å². The molecule has 166 valence electrons. The second kappa shape index (κ2) is 12.8. The Balaban J connectivity index is 0.00000341. The number of pyridine rings is 1. The van der Waals surface area contributed by atoms with Gasteiger partial charge in [-0.1, -0.05) is 18.2 Å². The van der Waals surface area contributed by atoms with Crippen LogP contribution in [0, 0.1) is 0 Å². The number of aromatic nitrogens is 1. The van der Waals surface area contributed by atoms with Crippen LogP contribution in [-0.2, 0) is 19.5 Å². The summed E-state index contributed by atoms with van der Waals surface area (Å²) >= 11 is 0. The van der Waals surface area contributed by atoms with Gasteiger partial charge in [0.05, 0.1) is 32.2 Å². The second-order valence-electron chi connectivity index (χ2n) is 7.00. The molecular formula is C23H30IN5O2. The lowest BCUT2D eigenvalue weighted by Gasteiger charge is -2.15. The van der Waals surface area contributed by atoms with Crippen molar-refractivity contribution in [1.29, 1.82) is 0 Å². The standard InChI is InChI=1S/C23H29N5O2.HI/c1-28(2)22-8-4-6-19(27-22)17-26-23(24-14-13-21-7-5-15-30-21)25-16-18-9-11-20(29-3)12-10-18;/h4-12,15H,13-14,16-17H2,1-3H3,(H2,24,25,26);1H. The van der Waals surface area contributed by atoms with Crippen LogP contribution in [0.3, 0.4) is 0 Å². The molecule has 2 N–H and O–H groups in total. The number of hydrogen-bond acceptors (Lipinski definition) is 5. The summed E-state index contributed by atoms with van der Waals surface area (Å²) in [6.45, 7) is 1.86. The van der Waals surface area contributed by atoms with Gasteiger partial charge in [0.1, 0.15) is 17.3 Å². The van der Waals surface area contributed by atoms with Crippen molar-refractivity contribution in [1.82, 2.24) is 15.6 Å². The molecule has 0 aliphatic rings. The Bertz CT molecular complexity index is 927. The first-order valence-corrected chi connectivity index (χ1v) is 9.95. The summed E-state index contributed by atoms with van der Waals surface area (Å²) in [7, 11) is 5.63. The highest BCUT2D eigenvalue weighted by Crippen LogP contribution is 2.12. The molecule has 2 heterocycles. The summed E-state index contributed by atoms with van der Waals surface area (Å²) in [5.74, 6) is 3.44. The summed E-state index contributed by atoms with van der Waals surface area (Å²) in [6.07, 6.45) is 2.47. The van der Waals surface area contributed by atoms with Crippen LogP contribution in [0.5, 0.6) is 5.75 Å². The zero-order chi connectivity index (χ0) is 21.2. The van der Waals surface area contributed by atoms with Crippen molar-refractivity contribution in [2.45, 2.75) is 19.5 Å². The van der Waals surface area contributed by atoms with Gasteiger partial charge in [-0.05, 0) is 42.0 Å². The number of furan rings is 1. The van der Waals surface area contributed by atoms with E-state index in [0.717, 1.165) is 41.0 Å². The number of hydrogen-bond donors (Lipinski definition) is 2. The van der Waals surface area contributed by atoms with E-state index in [1.165, 1.54) is 0 Å². The van der Waals surface area contributed by atoms with Crippen LogP contribution in [0.1, 0.15) is 17.0 Å². The van der Waals surface area contributed by atoms with Crippen LogP contribution in [-0.4, -0.2) is 38.7 Å². The summed E-state index contributed by atoms with van der Waals surface area (Å²) in [5, 5.41) is 6.75. The molecule has 0 saturated carbocycles. The number of ether oxygens (including phenoxy) is 1. The van der Waals surface area contributed by atoms with Gasteiger partial charge in [0.15, 0.2) is 5.96 Å². The van der Waals surface area contributed by atoms with Gasteiger partial charge in [-0.2, -0.15) is 0 Å². The summed E-state index contributed by atoms with van der Waals surface area (Å²) in [6, 6.07) is 17.8. The number of guanidine groups is 1. The van der Waals surface area contributed by atoms with E-state index in [2.05, 4.69) is 15.6 Å². The molecule has 0 spiro atoms. The molecule has 0 fully saturated rings. The zero-order valence-electron chi connectivity index (χ0n) is 18.2. The van der Waals surface area contributed by atoms with Gasteiger partial charge >= 0.3 is 0 Å². The van der Waals surface area contributed by atoms with Crippen molar-refractivity contribution >= 4 is 35.8 Å². The third kappa shape index (κ3) is 8.12. The minimum Gasteiger partial charge on any atom is -0.497 e. The Hall–Kier alpha value is -2.75. The molecule has 3 aromatic rings. The van der Waals surface area contributed by atoms with Crippen molar-refractivity contribution in [2.24, 2.45) is 4.99 Å². The minimum atomic E-state index is 0. The van der Waals surface area contributed by atoms with Gasteiger partial charge in [-0.3, -0.25) is 0 Å². The highest BCUT2D eigenvalue weighted by Gasteiger charge is 2.04. The average molecular weight is 535 g/mol. The van der Waals surface area contributed by atoms with Crippen LogP contribution in [0.4, 0.5) is 5.82 Å². The number of anilines is 1. The molecule has 1 aromatic carbocycles. The number of benzene rings is 1. The molecule has 7 nitrogen and oxygen atoms in total. The van der Waals surface area contributed by atoms with Crippen molar-refractivity contribution in [3.8, 4) is 5.75 Å². The summed E-state index contributed by atoms with van der Waals surface area (Å²) in [5.41, 5.74) is 2.06. The highest BCUT2D eigenvalue weighted by molar-refractivity contribution is 14.0. The maximum absolute atomic E-state index is 5.40. The Morgan fingerprint density at radius 1 is 1.06 bits per heavy atom. The van der Waals surface area contributed by atoms with Crippen LogP contribution in [0.25, 0.3) is 0 Å². The molecule has 8 heteroatoms. The van der Waals surface area contributed by atoms with Crippen molar-refractivity contribution < 1.29 is 9.15 Å². The lowest BCUT2D eigenvalue weighted by molar-refractivity contribution is 0.414. The maximum atomic E-state index is 5.40. The molecular weight excluding hydrogens is 505 g/mol. The molecule has 3 rings (SSSR count). The summed E-state index contributed by atoms with van der Waals surface area (Å²) in [4.78, 5) is 11.4. The van der Waals surface area contributed by atoms with E-state index in [4.69, 9.17) is 14.1 Å². The second-order valence-corrected chi connectivity index (χ2v) is 7.00. The maximum Gasteiger partial charge on any atom is 0.191 e. The van der Waals surface area contributed by atoms with E-state index in [0.29, 0.717) is 19.6 Å². The molecule has 0 amide bonds. The quantitative estimate of drug-likeness (QED) is 0.247. The van der Waals surface area contributed by atoms with E-state index in [1.807, 2.05) is 73.6 Å². The number of halogens is 1. The van der Waals surface area contributed by atoms with Gasteiger partial charge < -0.3 is 24.7 Å². The predicted molar refractivity (Wildman–Crippen MR) is 135 cm³/mol.